The van der Waals surface area contributed by atoms with Gasteiger partial charge in [0.05, 0.1) is 11.7 Å². The van der Waals surface area contributed by atoms with Gasteiger partial charge in [0.15, 0.2) is 0 Å². The van der Waals surface area contributed by atoms with Gasteiger partial charge in [0.25, 0.3) is 5.56 Å². The Bertz CT molecular complexity index is 963. The average Bonchev–Trinajstić information content (AvgIpc) is 2.48. The van der Waals surface area contributed by atoms with E-state index in [9.17, 15) is 23.5 Å². The van der Waals surface area contributed by atoms with Crippen molar-refractivity contribution in [1.82, 2.24) is 4.57 Å². The van der Waals surface area contributed by atoms with Crippen molar-refractivity contribution < 1.29 is 18.7 Å². The summed E-state index contributed by atoms with van der Waals surface area (Å²) in [5.41, 5.74) is -1.09. The second kappa shape index (κ2) is 5.07. The lowest BCUT2D eigenvalue weighted by molar-refractivity contribution is -0.254. The molecule has 6 heteroatoms. The van der Waals surface area contributed by atoms with Gasteiger partial charge in [-0.3, -0.25) is 9.36 Å². The average molecular weight is 300 g/mol. The molecule has 110 valence electrons. The number of aromatic carboxylic acids is 1. The number of carboxylic acids is 1. The van der Waals surface area contributed by atoms with Gasteiger partial charge in [0.1, 0.15) is 11.6 Å². The van der Waals surface area contributed by atoms with Crippen LogP contribution in [0.15, 0.2) is 53.5 Å². The van der Waals surface area contributed by atoms with Gasteiger partial charge in [0, 0.05) is 23.2 Å². The summed E-state index contributed by atoms with van der Waals surface area (Å²) in [4.78, 5) is 23.7. The van der Waals surface area contributed by atoms with Crippen molar-refractivity contribution in [3.05, 3.63) is 76.2 Å². The number of carbonyl (C=O) groups excluding carboxylic acids is 1. The standard InChI is InChI=1S/C16H9F2NO3/c17-9-5-6-14(13(18)7-9)19-8-12(16(21)22)10-3-1-2-4-11(10)15(19)20/h1-8H,(H,21,22)/p-1. The van der Waals surface area contributed by atoms with E-state index < -0.39 is 23.2 Å². The first-order chi connectivity index (χ1) is 10.5. The number of carbonyl (C=O) groups is 1. The summed E-state index contributed by atoms with van der Waals surface area (Å²) in [5.74, 6) is -3.26. The molecule has 0 spiro atoms. The maximum absolute atomic E-state index is 13.9. The molecule has 1 aromatic heterocycles. The van der Waals surface area contributed by atoms with Crippen LogP contribution in [0.3, 0.4) is 0 Å². The molecule has 1 heterocycles. The highest BCUT2D eigenvalue weighted by Crippen LogP contribution is 2.19. The number of hydrogen-bond acceptors (Lipinski definition) is 3. The first-order valence-electron chi connectivity index (χ1n) is 6.30. The number of pyridine rings is 1. The number of halogens is 2. The van der Waals surface area contributed by atoms with Crippen molar-refractivity contribution >= 4 is 16.7 Å². The normalized spacial score (nSPS) is 10.8. The Balaban J connectivity index is 2.42. The van der Waals surface area contributed by atoms with Gasteiger partial charge < -0.3 is 9.90 Å². The van der Waals surface area contributed by atoms with E-state index in [-0.39, 0.29) is 22.0 Å². The minimum Gasteiger partial charge on any atom is -0.545 e. The number of benzene rings is 2. The van der Waals surface area contributed by atoms with E-state index in [1.807, 2.05) is 0 Å². The van der Waals surface area contributed by atoms with E-state index in [1.54, 1.807) is 12.1 Å². The molecule has 0 bridgehead atoms. The largest absolute Gasteiger partial charge is 0.545 e. The molecule has 4 nitrogen and oxygen atoms in total. The van der Waals surface area contributed by atoms with Crippen LogP contribution in [0, 0.1) is 11.6 Å². The molecule has 0 saturated heterocycles. The SMILES string of the molecule is O=C([O-])c1cn(-c2ccc(F)cc2F)c(=O)c2ccccc12. The van der Waals surface area contributed by atoms with E-state index in [0.29, 0.717) is 6.07 Å². The second-order valence-electron chi connectivity index (χ2n) is 4.65. The fraction of sp³-hybridized carbons (Fsp3) is 0. The summed E-state index contributed by atoms with van der Waals surface area (Å²) in [6.07, 6.45) is 0.982. The summed E-state index contributed by atoms with van der Waals surface area (Å²) in [6, 6.07) is 8.72. The molecule has 0 amide bonds. The Hall–Kier alpha value is -3.02. The van der Waals surface area contributed by atoms with Crippen LogP contribution in [-0.2, 0) is 0 Å². The number of hydrogen-bond donors (Lipinski definition) is 0. The molecule has 3 aromatic rings. The predicted octanol–water partition coefficient (Wildman–Crippen LogP) is 1.63. The highest BCUT2D eigenvalue weighted by atomic mass is 19.1. The van der Waals surface area contributed by atoms with Crippen LogP contribution in [0.5, 0.6) is 0 Å². The van der Waals surface area contributed by atoms with Gasteiger partial charge in [-0.25, -0.2) is 8.78 Å². The topological polar surface area (TPSA) is 62.1 Å². The van der Waals surface area contributed by atoms with Crippen LogP contribution >= 0.6 is 0 Å². The van der Waals surface area contributed by atoms with Crippen molar-refractivity contribution in [1.29, 1.82) is 0 Å². The Labute approximate surface area is 122 Å². The molecule has 0 fully saturated rings. The van der Waals surface area contributed by atoms with Crippen LogP contribution in [0.4, 0.5) is 8.78 Å². The summed E-state index contributed by atoms with van der Waals surface area (Å²) < 4.78 is 27.7. The zero-order valence-electron chi connectivity index (χ0n) is 11.0. The lowest BCUT2D eigenvalue weighted by atomic mass is 10.1. The molecule has 0 unspecified atom stereocenters. The summed E-state index contributed by atoms with van der Waals surface area (Å²) in [5, 5.41) is 11.6. The van der Waals surface area contributed by atoms with E-state index in [4.69, 9.17) is 0 Å². The molecule has 2 aromatic carbocycles. The van der Waals surface area contributed by atoms with Crippen LogP contribution in [0.2, 0.25) is 0 Å². The van der Waals surface area contributed by atoms with Gasteiger partial charge in [-0.15, -0.1) is 0 Å². The Morgan fingerprint density at radius 2 is 1.73 bits per heavy atom. The van der Waals surface area contributed by atoms with Crippen LogP contribution in [0.1, 0.15) is 10.4 Å². The molecule has 0 aliphatic rings. The zero-order valence-corrected chi connectivity index (χ0v) is 11.0. The summed E-state index contributed by atoms with van der Waals surface area (Å²) in [6.45, 7) is 0. The zero-order chi connectivity index (χ0) is 15.9. The molecule has 0 saturated carbocycles. The van der Waals surface area contributed by atoms with E-state index >= 15 is 0 Å². The van der Waals surface area contributed by atoms with Crippen molar-refractivity contribution in [2.75, 3.05) is 0 Å². The lowest BCUT2D eigenvalue weighted by Gasteiger charge is -2.13. The van der Waals surface area contributed by atoms with Gasteiger partial charge in [0.2, 0.25) is 0 Å². The van der Waals surface area contributed by atoms with Gasteiger partial charge in [-0.1, -0.05) is 18.2 Å². The molecule has 0 atom stereocenters. The number of aromatic nitrogens is 1. The third-order valence-corrected chi connectivity index (χ3v) is 3.31. The fourth-order valence-corrected chi connectivity index (χ4v) is 2.31. The third kappa shape index (κ3) is 2.14. The Morgan fingerprint density at radius 1 is 1.05 bits per heavy atom. The monoisotopic (exact) mass is 300 g/mol. The van der Waals surface area contributed by atoms with Crippen molar-refractivity contribution in [3.63, 3.8) is 0 Å². The number of rotatable bonds is 2. The summed E-state index contributed by atoms with van der Waals surface area (Å²) >= 11 is 0. The highest BCUT2D eigenvalue weighted by molar-refractivity contribution is 6.02. The minimum atomic E-state index is -1.49. The molecular weight excluding hydrogens is 292 g/mol. The van der Waals surface area contributed by atoms with Gasteiger partial charge in [-0.2, -0.15) is 0 Å². The van der Waals surface area contributed by atoms with E-state index in [0.717, 1.165) is 22.9 Å². The molecule has 22 heavy (non-hydrogen) atoms. The Kier molecular flexibility index (Phi) is 3.21. The number of carboxylic acid groups (broad SMARTS) is 1. The molecule has 3 rings (SSSR count). The van der Waals surface area contributed by atoms with E-state index in [2.05, 4.69) is 0 Å². The van der Waals surface area contributed by atoms with E-state index in [1.165, 1.54) is 12.1 Å². The minimum absolute atomic E-state index is 0.105. The molecule has 0 aliphatic heterocycles. The quantitative estimate of drug-likeness (QED) is 0.722. The molecule has 0 N–H and O–H groups in total. The van der Waals surface area contributed by atoms with Crippen molar-refractivity contribution in [2.24, 2.45) is 0 Å². The third-order valence-electron chi connectivity index (χ3n) is 3.31. The molecule has 0 radical (unpaired) electrons. The van der Waals surface area contributed by atoms with Crippen molar-refractivity contribution in [3.8, 4) is 5.69 Å². The second-order valence-corrected chi connectivity index (χ2v) is 4.65. The molecule has 0 aliphatic carbocycles. The van der Waals surface area contributed by atoms with Gasteiger partial charge in [-0.05, 0) is 23.6 Å². The molecular formula is C16H8F2NO3-. The predicted molar refractivity (Wildman–Crippen MR) is 73.8 cm³/mol. The maximum atomic E-state index is 13.9. The first-order valence-corrected chi connectivity index (χ1v) is 6.30. The lowest BCUT2D eigenvalue weighted by Crippen LogP contribution is -2.27. The summed E-state index contributed by atoms with van der Waals surface area (Å²) in [7, 11) is 0. The number of fused-ring (bicyclic) bond motifs is 1. The fourth-order valence-electron chi connectivity index (χ4n) is 2.31. The van der Waals surface area contributed by atoms with Crippen molar-refractivity contribution in [2.45, 2.75) is 0 Å². The number of nitrogens with zero attached hydrogens (tertiary/aromatic N) is 1. The van der Waals surface area contributed by atoms with Gasteiger partial charge >= 0.3 is 0 Å². The van der Waals surface area contributed by atoms with Crippen LogP contribution < -0.4 is 10.7 Å². The first kappa shape index (κ1) is 13.9. The smallest absolute Gasteiger partial charge is 0.263 e. The highest BCUT2D eigenvalue weighted by Gasteiger charge is 2.13. The van der Waals surface area contributed by atoms with Crippen LogP contribution in [0.25, 0.3) is 16.5 Å². The maximum Gasteiger partial charge on any atom is 0.263 e. The van der Waals surface area contributed by atoms with Crippen LogP contribution in [-0.4, -0.2) is 10.5 Å². The Morgan fingerprint density at radius 3 is 2.36 bits per heavy atom.